The van der Waals surface area contributed by atoms with Gasteiger partial charge in [-0.25, -0.2) is 0 Å². The largest absolute Gasteiger partial charge is 0.310 e. The summed E-state index contributed by atoms with van der Waals surface area (Å²) in [5, 5.41) is 2.49. The van der Waals surface area contributed by atoms with Crippen LogP contribution < -0.4 is 4.90 Å². The molecule has 0 aliphatic rings. The number of hydrogen-bond donors (Lipinski definition) is 0. The lowest BCUT2D eigenvalue weighted by Crippen LogP contribution is -2.11. The van der Waals surface area contributed by atoms with Crippen LogP contribution in [0.25, 0.3) is 94.3 Å². The number of aromatic nitrogens is 1. The maximum Gasteiger partial charge on any atom is 0.0547 e. The first-order valence-electron chi connectivity index (χ1n) is 23.3. The van der Waals surface area contributed by atoms with Gasteiger partial charge in [-0.2, -0.15) is 0 Å². The lowest BCUT2D eigenvalue weighted by Gasteiger charge is -2.29. The van der Waals surface area contributed by atoms with E-state index < -0.39 is 0 Å². The second-order valence-corrected chi connectivity index (χ2v) is 17.2. The molecule has 0 saturated carbocycles. The Bertz CT molecular complexity index is 3700. The monoisotopic (exact) mass is 866 g/mol. The number of rotatable bonds is 10. The van der Waals surface area contributed by atoms with Crippen molar-refractivity contribution < 1.29 is 0 Å². The number of hydrogen-bond acceptors (Lipinski definition) is 1. The normalized spacial score (nSPS) is 11.2. The molecule has 0 spiro atoms. The molecule has 1 aromatic heterocycles. The molecule has 0 amide bonds. The van der Waals surface area contributed by atoms with Crippen molar-refractivity contribution in [2.45, 2.75) is 0 Å². The molecule has 11 aromatic carbocycles. The van der Waals surface area contributed by atoms with E-state index in [0.29, 0.717) is 0 Å². The van der Waals surface area contributed by atoms with E-state index in [2.05, 4.69) is 289 Å². The molecule has 2 nitrogen and oxygen atoms in total. The van der Waals surface area contributed by atoms with Gasteiger partial charge in [0.05, 0.1) is 16.7 Å². The minimum Gasteiger partial charge on any atom is -0.310 e. The molecule has 12 rings (SSSR count). The molecule has 68 heavy (non-hydrogen) atoms. The Labute approximate surface area is 397 Å². The van der Waals surface area contributed by atoms with Crippen LogP contribution >= 0.6 is 0 Å². The highest BCUT2D eigenvalue weighted by Crippen LogP contribution is 2.47. The SMILES string of the molecule is c1ccc(-c2ccccc2-c2ccc(N(c3ccc(-c4cccc5c4c4ccccc4n5-c4ccccc4)cc3)c3ccccc3-c3ccccc3-c3ccccc3-c3ccccc3)cc2)cc1. The highest BCUT2D eigenvalue weighted by atomic mass is 15.1. The molecule has 12 aromatic rings. The fourth-order valence-electron chi connectivity index (χ4n) is 10.2. The van der Waals surface area contributed by atoms with Gasteiger partial charge in [0.1, 0.15) is 0 Å². The average molecular weight is 867 g/mol. The maximum atomic E-state index is 2.42. The fraction of sp³-hybridized carbons (Fsp3) is 0. The van der Waals surface area contributed by atoms with E-state index in [9.17, 15) is 0 Å². The predicted octanol–water partition coefficient (Wildman–Crippen LogP) is 18.3. The summed E-state index contributed by atoms with van der Waals surface area (Å²) in [6.07, 6.45) is 0. The summed E-state index contributed by atoms with van der Waals surface area (Å²) in [5.74, 6) is 0. The van der Waals surface area contributed by atoms with E-state index in [0.717, 1.165) is 28.3 Å². The zero-order valence-electron chi connectivity index (χ0n) is 37.5. The van der Waals surface area contributed by atoms with Crippen molar-refractivity contribution in [2.75, 3.05) is 4.90 Å². The van der Waals surface area contributed by atoms with Crippen molar-refractivity contribution in [1.29, 1.82) is 0 Å². The van der Waals surface area contributed by atoms with Crippen LogP contribution in [-0.2, 0) is 0 Å². The minimum absolute atomic E-state index is 1.07. The second kappa shape index (κ2) is 17.8. The minimum atomic E-state index is 1.07. The Hall–Kier alpha value is -8.98. The first-order valence-corrected chi connectivity index (χ1v) is 23.3. The summed E-state index contributed by atoms with van der Waals surface area (Å²) in [5.41, 5.74) is 21.0. The third-order valence-corrected chi connectivity index (χ3v) is 13.3. The predicted molar refractivity (Wildman–Crippen MR) is 288 cm³/mol. The number of para-hydroxylation sites is 3. The summed E-state index contributed by atoms with van der Waals surface area (Å²) in [6, 6.07) is 101. The molecule has 0 N–H and O–H groups in total. The van der Waals surface area contributed by atoms with Crippen LogP contribution in [0.4, 0.5) is 17.1 Å². The summed E-state index contributed by atoms with van der Waals surface area (Å²) in [7, 11) is 0. The summed E-state index contributed by atoms with van der Waals surface area (Å²) in [4.78, 5) is 2.42. The smallest absolute Gasteiger partial charge is 0.0547 e. The van der Waals surface area contributed by atoms with Gasteiger partial charge < -0.3 is 9.47 Å². The Morgan fingerprint density at radius 3 is 1.18 bits per heavy atom. The molecule has 320 valence electrons. The molecular weight excluding hydrogens is 821 g/mol. The summed E-state index contributed by atoms with van der Waals surface area (Å²) < 4.78 is 2.39. The lowest BCUT2D eigenvalue weighted by atomic mass is 9.88. The molecular formula is C66H46N2. The first kappa shape index (κ1) is 40.5. The number of benzene rings is 11. The van der Waals surface area contributed by atoms with Crippen molar-refractivity contribution in [2.24, 2.45) is 0 Å². The Morgan fingerprint density at radius 1 is 0.235 bits per heavy atom. The topological polar surface area (TPSA) is 8.17 Å². The highest BCUT2D eigenvalue weighted by molar-refractivity contribution is 6.16. The second-order valence-electron chi connectivity index (χ2n) is 17.2. The fourth-order valence-corrected chi connectivity index (χ4v) is 10.2. The zero-order chi connectivity index (χ0) is 45.2. The van der Waals surface area contributed by atoms with Crippen LogP contribution in [0.5, 0.6) is 0 Å². The van der Waals surface area contributed by atoms with E-state index in [4.69, 9.17) is 0 Å². The molecule has 0 unspecified atom stereocenters. The van der Waals surface area contributed by atoms with E-state index in [-0.39, 0.29) is 0 Å². The standard InChI is InChI=1S/C66H46N2/c1-4-21-47(22-5-1)54-27-10-11-28-55(54)49-39-43-52(44-40-49)67(63-36-18-16-33-61(63)60-32-15-14-31-59(60)58-30-13-12-29-56(58)48-23-6-2-7-24-48)53-45-41-50(42-46-53)57-35-20-38-65-66(57)62-34-17-19-37-64(62)68(65)51-25-8-3-9-26-51/h1-46H. The van der Waals surface area contributed by atoms with Gasteiger partial charge in [-0.05, 0) is 116 Å². The zero-order valence-corrected chi connectivity index (χ0v) is 37.5. The summed E-state index contributed by atoms with van der Waals surface area (Å²) in [6.45, 7) is 0. The molecule has 0 saturated heterocycles. The van der Waals surface area contributed by atoms with E-state index in [1.807, 2.05) is 0 Å². The van der Waals surface area contributed by atoms with Gasteiger partial charge >= 0.3 is 0 Å². The summed E-state index contributed by atoms with van der Waals surface area (Å²) >= 11 is 0. The van der Waals surface area contributed by atoms with E-state index in [1.54, 1.807) is 0 Å². The third kappa shape index (κ3) is 7.35. The molecule has 2 heteroatoms. The van der Waals surface area contributed by atoms with Crippen LogP contribution in [0.15, 0.2) is 279 Å². The van der Waals surface area contributed by atoms with Gasteiger partial charge in [0, 0.05) is 33.4 Å². The van der Waals surface area contributed by atoms with Gasteiger partial charge in [0.25, 0.3) is 0 Å². The molecule has 0 atom stereocenters. The Kier molecular flexibility index (Phi) is 10.6. The quantitative estimate of drug-likeness (QED) is 0.133. The number of anilines is 3. The van der Waals surface area contributed by atoms with Crippen molar-refractivity contribution in [3.8, 4) is 72.4 Å². The van der Waals surface area contributed by atoms with Gasteiger partial charge in [0.2, 0.25) is 0 Å². The Balaban J connectivity index is 1.02. The molecule has 1 heterocycles. The van der Waals surface area contributed by atoms with E-state index >= 15 is 0 Å². The van der Waals surface area contributed by atoms with Crippen LogP contribution in [0, 0.1) is 0 Å². The van der Waals surface area contributed by atoms with Gasteiger partial charge in [0.15, 0.2) is 0 Å². The van der Waals surface area contributed by atoms with Gasteiger partial charge in [-0.15, -0.1) is 0 Å². The number of nitrogens with zero attached hydrogens (tertiary/aromatic N) is 2. The number of fused-ring (bicyclic) bond motifs is 3. The Morgan fingerprint density at radius 2 is 0.603 bits per heavy atom. The third-order valence-electron chi connectivity index (χ3n) is 13.3. The van der Waals surface area contributed by atoms with Crippen molar-refractivity contribution in [3.05, 3.63) is 279 Å². The van der Waals surface area contributed by atoms with Crippen LogP contribution in [0.2, 0.25) is 0 Å². The van der Waals surface area contributed by atoms with Gasteiger partial charge in [-0.3, -0.25) is 0 Å². The van der Waals surface area contributed by atoms with Crippen molar-refractivity contribution in [3.63, 3.8) is 0 Å². The van der Waals surface area contributed by atoms with Crippen LogP contribution in [-0.4, -0.2) is 4.57 Å². The molecule has 0 fully saturated rings. The molecule has 0 aliphatic heterocycles. The molecule has 0 radical (unpaired) electrons. The van der Waals surface area contributed by atoms with E-state index in [1.165, 1.54) is 83.0 Å². The lowest BCUT2D eigenvalue weighted by molar-refractivity contribution is 1.18. The highest BCUT2D eigenvalue weighted by Gasteiger charge is 2.22. The maximum absolute atomic E-state index is 2.42. The van der Waals surface area contributed by atoms with Crippen LogP contribution in [0.1, 0.15) is 0 Å². The van der Waals surface area contributed by atoms with Crippen LogP contribution in [0.3, 0.4) is 0 Å². The molecule has 0 bridgehead atoms. The van der Waals surface area contributed by atoms with Crippen molar-refractivity contribution in [1.82, 2.24) is 4.57 Å². The van der Waals surface area contributed by atoms with Crippen molar-refractivity contribution >= 4 is 38.9 Å². The molecule has 0 aliphatic carbocycles. The van der Waals surface area contributed by atoms with Gasteiger partial charge in [-0.1, -0.05) is 224 Å². The average Bonchev–Trinajstić information content (AvgIpc) is 3.77. The first-order chi connectivity index (χ1) is 33.8.